The Labute approximate surface area is 87.1 Å². The van der Waals surface area contributed by atoms with Crippen LogP contribution in [0.5, 0.6) is 0 Å². The fourth-order valence-electron chi connectivity index (χ4n) is 1.39. The quantitative estimate of drug-likeness (QED) is 0.306. The lowest BCUT2D eigenvalue weighted by atomic mass is 10.1. The second kappa shape index (κ2) is 10.4. The van der Waals surface area contributed by atoms with E-state index in [0.29, 0.717) is 12.7 Å². The van der Waals surface area contributed by atoms with E-state index < -0.39 is 0 Å². The van der Waals surface area contributed by atoms with Gasteiger partial charge in [-0.05, 0) is 19.8 Å². The summed E-state index contributed by atoms with van der Waals surface area (Å²) in [6.07, 6.45) is 9.48. The van der Waals surface area contributed by atoms with Gasteiger partial charge in [-0.1, -0.05) is 38.5 Å². The molecular formula is C12H20O2. The predicted octanol–water partition coefficient (Wildman–Crippen LogP) is 2.98. The van der Waals surface area contributed by atoms with Crippen molar-refractivity contribution in [2.75, 3.05) is 0 Å². The highest BCUT2D eigenvalue weighted by Gasteiger charge is 1.97. The molecule has 14 heavy (non-hydrogen) atoms. The van der Waals surface area contributed by atoms with Crippen LogP contribution in [0.2, 0.25) is 0 Å². The highest BCUT2D eigenvalue weighted by molar-refractivity contribution is 6.24. The van der Waals surface area contributed by atoms with Gasteiger partial charge in [0.1, 0.15) is 0 Å². The summed E-state index contributed by atoms with van der Waals surface area (Å²) in [4.78, 5) is 20.6. The Morgan fingerprint density at radius 3 is 1.93 bits per heavy atom. The van der Waals surface area contributed by atoms with Gasteiger partial charge in [0.15, 0.2) is 12.1 Å². The Kier molecular flexibility index (Phi) is 9.93. The van der Waals surface area contributed by atoms with E-state index in [0.717, 1.165) is 32.1 Å². The first kappa shape index (κ1) is 13.3. The van der Waals surface area contributed by atoms with Gasteiger partial charge >= 0.3 is 0 Å². The summed E-state index contributed by atoms with van der Waals surface area (Å²) >= 11 is 0. The normalized spacial score (nSPS) is 10.1. The predicted molar refractivity (Wildman–Crippen MR) is 56.9 cm³/mol. The molecule has 0 aromatic heterocycles. The number of carbonyl (C=O) groups is 2. The molecule has 0 aromatic rings. The highest BCUT2D eigenvalue weighted by Crippen LogP contribution is 2.09. The molecule has 0 unspecified atom stereocenters. The Bertz CT molecular complexity index is 152. The van der Waals surface area contributed by atoms with Crippen molar-refractivity contribution in [1.82, 2.24) is 0 Å². The molecule has 2 heteroatoms. The van der Waals surface area contributed by atoms with Gasteiger partial charge < -0.3 is 0 Å². The van der Waals surface area contributed by atoms with Gasteiger partial charge in [-0.25, -0.2) is 0 Å². The molecule has 0 aliphatic rings. The average molecular weight is 196 g/mol. The fraction of sp³-hybridized carbons (Fsp3) is 0.750. The lowest BCUT2D eigenvalue weighted by Crippen LogP contribution is -1.97. The van der Waals surface area contributed by atoms with Crippen LogP contribution in [-0.4, -0.2) is 12.1 Å². The van der Waals surface area contributed by atoms with E-state index in [-0.39, 0.29) is 5.78 Å². The zero-order chi connectivity index (χ0) is 10.6. The topological polar surface area (TPSA) is 34.1 Å². The maximum absolute atomic E-state index is 10.6. The molecule has 0 N–H and O–H groups in total. The van der Waals surface area contributed by atoms with Crippen LogP contribution in [0, 0.1) is 6.92 Å². The molecule has 0 saturated carbocycles. The Morgan fingerprint density at radius 2 is 1.43 bits per heavy atom. The first-order valence-electron chi connectivity index (χ1n) is 5.49. The van der Waals surface area contributed by atoms with Crippen molar-refractivity contribution in [2.24, 2.45) is 0 Å². The molecule has 0 aliphatic carbocycles. The van der Waals surface area contributed by atoms with Gasteiger partial charge in [-0.2, -0.15) is 0 Å². The third kappa shape index (κ3) is 9.43. The van der Waals surface area contributed by atoms with Crippen molar-refractivity contribution in [3.63, 3.8) is 0 Å². The number of carbonyl (C=O) groups excluding carboxylic acids is 2. The van der Waals surface area contributed by atoms with Crippen LogP contribution in [0.15, 0.2) is 0 Å². The smallest absolute Gasteiger partial charge is 0.195 e. The number of hydrogen-bond acceptors (Lipinski definition) is 2. The monoisotopic (exact) mass is 196 g/mol. The van der Waals surface area contributed by atoms with Crippen molar-refractivity contribution in [1.29, 1.82) is 0 Å². The van der Waals surface area contributed by atoms with Gasteiger partial charge in [0.2, 0.25) is 0 Å². The van der Waals surface area contributed by atoms with Gasteiger partial charge in [-0.15, -0.1) is 0 Å². The van der Waals surface area contributed by atoms with Crippen LogP contribution in [0.25, 0.3) is 0 Å². The number of hydrogen-bond donors (Lipinski definition) is 0. The summed E-state index contributed by atoms with van der Waals surface area (Å²) in [5.41, 5.74) is 0. The molecule has 0 saturated heterocycles. The summed E-state index contributed by atoms with van der Waals surface area (Å²) in [5, 5.41) is 0. The van der Waals surface area contributed by atoms with Crippen LogP contribution in [0.3, 0.4) is 0 Å². The van der Waals surface area contributed by atoms with Crippen LogP contribution in [-0.2, 0) is 9.59 Å². The minimum atomic E-state index is -0.270. The number of ketones is 1. The summed E-state index contributed by atoms with van der Waals surface area (Å²) in [6, 6.07) is 0. The minimum absolute atomic E-state index is 0.270. The van der Waals surface area contributed by atoms with Crippen LogP contribution in [0.4, 0.5) is 0 Å². The maximum atomic E-state index is 10.6. The zero-order valence-electron chi connectivity index (χ0n) is 8.84. The van der Waals surface area contributed by atoms with Crippen LogP contribution >= 0.6 is 0 Å². The molecule has 2 radical (unpaired) electrons. The lowest BCUT2D eigenvalue weighted by Gasteiger charge is -1.99. The van der Waals surface area contributed by atoms with Crippen LogP contribution < -0.4 is 0 Å². The average Bonchev–Trinajstić information content (AvgIpc) is 2.21. The second-order valence-electron chi connectivity index (χ2n) is 3.60. The van der Waals surface area contributed by atoms with E-state index in [1.807, 2.05) is 0 Å². The first-order chi connectivity index (χ1) is 6.81. The second-order valence-corrected chi connectivity index (χ2v) is 3.60. The highest BCUT2D eigenvalue weighted by atomic mass is 16.2. The SMILES string of the molecule is [CH]CCCCCCCCCC(=O)C=O. The molecule has 0 fully saturated rings. The number of aldehydes is 1. The van der Waals surface area contributed by atoms with E-state index >= 15 is 0 Å². The molecule has 0 aromatic carbocycles. The molecular weight excluding hydrogens is 176 g/mol. The van der Waals surface area contributed by atoms with E-state index in [4.69, 9.17) is 6.92 Å². The van der Waals surface area contributed by atoms with E-state index in [2.05, 4.69) is 0 Å². The largest absolute Gasteiger partial charge is 0.295 e. The van der Waals surface area contributed by atoms with Gasteiger partial charge in [0.05, 0.1) is 0 Å². The molecule has 0 amide bonds. The van der Waals surface area contributed by atoms with Gasteiger partial charge in [0.25, 0.3) is 0 Å². The van der Waals surface area contributed by atoms with Crippen molar-refractivity contribution >= 4 is 12.1 Å². The Balaban J connectivity index is 2.99. The minimum Gasteiger partial charge on any atom is -0.295 e. The molecule has 0 bridgehead atoms. The Hall–Kier alpha value is -0.660. The molecule has 0 spiro atoms. The summed E-state index contributed by atoms with van der Waals surface area (Å²) in [6.45, 7) is 5.37. The summed E-state index contributed by atoms with van der Waals surface area (Å²) < 4.78 is 0. The third-order valence-corrected chi connectivity index (χ3v) is 2.26. The number of rotatable bonds is 10. The standard InChI is InChI=1S/C12H20O2/c1-2-3-4-5-6-7-8-9-10-12(14)11-13/h1,11H,2-10H2. The number of unbranched alkanes of at least 4 members (excludes halogenated alkanes) is 7. The van der Waals surface area contributed by atoms with Crippen molar-refractivity contribution < 1.29 is 9.59 Å². The van der Waals surface area contributed by atoms with Crippen molar-refractivity contribution in [2.45, 2.75) is 57.8 Å². The Morgan fingerprint density at radius 1 is 0.929 bits per heavy atom. The molecule has 0 heterocycles. The molecule has 0 rings (SSSR count). The van der Waals surface area contributed by atoms with E-state index in [1.54, 1.807) is 0 Å². The first-order valence-corrected chi connectivity index (χ1v) is 5.49. The fourth-order valence-corrected chi connectivity index (χ4v) is 1.39. The molecule has 80 valence electrons. The number of Topliss-reactive ketones (excluding diaryl/α,β-unsaturated/α-hetero) is 1. The summed E-state index contributed by atoms with van der Waals surface area (Å²) in [5.74, 6) is -0.270. The molecule has 0 atom stereocenters. The van der Waals surface area contributed by atoms with E-state index in [9.17, 15) is 9.59 Å². The van der Waals surface area contributed by atoms with Crippen molar-refractivity contribution in [3.05, 3.63) is 6.92 Å². The van der Waals surface area contributed by atoms with E-state index in [1.165, 1.54) is 19.3 Å². The van der Waals surface area contributed by atoms with Crippen LogP contribution in [0.1, 0.15) is 57.8 Å². The zero-order valence-corrected chi connectivity index (χ0v) is 8.84. The third-order valence-electron chi connectivity index (χ3n) is 2.26. The summed E-state index contributed by atoms with van der Waals surface area (Å²) in [7, 11) is 0. The van der Waals surface area contributed by atoms with Gasteiger partial charge in [-0.3, -0.25) is 9.59 Å². The van der Waals surface area contributed by atoms with Crippen molar-refractivity contribution in [3.8, 4) is 0 Å². The molecule has 0 aliphatic heterocycles. The lowest BCUT2D eigenvalue weighted by molar-refractivity contribution is -0.129. The van der Waals surface area contributed by atoms with Gasteiger partial charge in [0, 0.05) is 6.42 Å². The maximum Gasteiger partial charge on any atom is 0.195 e. The molecule has 2 nitrogen and oxygen atoms in total.